The Labute approximate surface area is 107 Å². The zero-order valence-electron chi connectivity index (χ0n) is 10.6. The first-order valence-corrected chi connectivity index (χ1v) is 6.58. The maximum absolute atomic E-state index is 4.08. The van der Waals surface area contributed by atoms with Crippen LogP contribution in [0.2, 0.25) is 0 Å². The number of hydrogen-bond acceptors (Lipinski definition) is 3. The second-order valence-electron chi connectivity index (χ2n) is 4.79. The molecule has 94 valence electrons. The van der Waals surface area contributed by atoms with E-state index in [1.54, 1.807) is 0 Å². The molecule has 1 N–H and O–H groups in total. The summed E-state index contributed by atoms with van der Waals surface area (Å²) in [5.41, 5.74) is 3.60. The number of aromatic nitrogens is 3. The highest BCUT2D eigenvalue weighted by Gasteiger charge is 2.19. The van der Waals surface area contributed by atoms with Crippen molar-refractivity contribution in [3.05, 3.63) is 36.0 Å². The van der Waals surface area contributed by atoms with E-state index in [9.17, 15) is 0 Å². The molecule has 18 heavy (non-hydrogen) atoms. The van der Waals surface area contributed by atoms with Gasteiger partial charge in [0.05, 0.1) is 11.9 Å². The third kappa shape index (κ3) is 2.43. The van der Waals surface area contributed by atoms with Crippen LogP contribution in [0.4, 0.5) is 0 Å². The molecule has 0 aliphatic heterocycles. The molecule has 0 atom stereocenters. The van der Waals surface area contributed by atoms with E-state index in [1.165, 1.54) is 24.0 Å². The Morgan fingerprint density at radius 1 is 1.39 bits per heavy atom. The van der Waals surface area contributed by atoms with Crippen LogP contribution in [-0.2, 0) is 13.1 Å². The molecule has 0 bridgehead atoms. The summed E-state index contributed by atoms with van der Waals surface area (Å²) in [6.45, 7) is 3.88. The average Bonchev–Trinajstić information content (AvgIpc) is 3.12. The molecule has 0 amide bonds. The third-order valence-corrected chi connectivity index (χ3v) is 3.31. The van der Waals surface area contributed by atoms with Crippen LogP contribution in [-0.4, -0.2) is 21.0 Å². The van der Waals surface area contributed by atoms with Gasteiger partial charge in [0.25, 0.3) is 0 Å². The minimum Gasteiger partial charge on any atom is -0.310 e. The first kappa shape index (κ1) is 11.4. The van der Waals surface area contributed by atoms with Crippen LogP contribution in [0, 0.1) is 0 Å². The number of nitrogens with zero attached hydrogens (tertiary/aromatic N) is 3. The predicted molar refractivity (Wildman–Crippen MR) is 71.0 cm³/mol. The molecule has 3 rings (SSSR count). The largest absolute Gasteiger partial charge is 0.310 e. The van der Waals surface area contributed by atoms with Gasteiger partial charge in [-0.3, -0.25) is 0 Å². The fraction of sp³-hybridized carbons (Fsp3) is 0.429. The highest BCUT2D eigenvalue weighted by atomic mass is 15.4. The monoisotopic (exact) mass is 242 g/mol. The standard InChI is InChI=1S/C14H18N4/c1-2-18-14(10-16-17-18)12-5-3-4-11(8-12)9-15-13-6-7-13/h3-5,8,10,13,15H,2,6-7,9H2,1H3. The smallest absolute Gasteiger partial charge is 0.0885 e. The Balaban J connectivity index is 1.80. The zero-order valence-corrected chi connectivity index (χ0v) is 10.6. The van der Waals surface area contributed by atoms with Gasteiger partial charge >= 0.3 is 0 Å². The topological polar surface area (TPSA) is 42.7 Å². The molecule has 1 saturated carbocycles. The van der Waals surface area contributed by atoms with Crippen LogP contribution in [0.15, 0.2) is 30.5 Å². The van der Waals surface area contributed by atoms with E-state index in [1.807, 2.05) is 10.9 Å². The molecule has 1 fully saturated rings. The highest BCUT2D eigenvalue weighted by Crippen LogP contribution is 2.21. The minimum atomic E-state index is 0.747. The summed E-state index contributed by atoms with van der Waals surface area (Å²) in [5.74, 6) is 0. The van der Waals surface area contributed by atoms with Crippen molar-refractivity contribution >= 4 is 0 Å². The molecule has 4 nitrogen and oxygen atoms in total. The van der Waals surface area contributed by atoms with Crippen LogP contribution < -0.4 is 5.32 Å². The number of hydrogen-bond donors (Lipinski definition) is 1. The fourth-order valence-corrected chi connectivity index (χ4v) is 2.11. The molecule has 0 radical (unpaired) electrons. The number of aryl methyl sites for hydroxylation is 1. The number of rotatable bonds is 5. The van der Waals surface area contributed by atoms with Crippen LogP contribution in [0.1, 0.15) is 25.3 Å². The number of nitrogens with one attached hydrogen (secondary N) is 1. The van der Waals surface area contributed by atoms with Crippen LogP contribution in [0.3, 0.4) is 0 Å². The summed E-state index contributed by atoms with van der Waals surface area (Å²) >= 11 is 0. The van der Waals surface area contributed by atoms with Crippen molar-refractivity contribution in [2.24, 2.45) is 0 Å². The van der Waals surface area contributed by atoms with Gasteiger partial charge in [0, 0.05) is 24.7 Å². The molecule has 1 aromatic heterocycles. The van der Waals surface area contributed by atoms with Gasteiger partial charge < -0.3 is 5.32 Å². The molecule has 0 saturated heterocycles. The van der Waals surface area contributed by atoms with Crippen molar-refractivity contribution in [3.63, 3.8) is 0 Å². The molecule has 1 aliphatic carbocycles. The van der Waals surface area contributed by atoms with Gasteiger partial charge in [-0.2, -0.15) is 0 Å². The highest BCUT2D eigenvalue weighted by molar-refractivity contribution is 5.59. The lowest BCUT2D eigenvalue weighted by molar-refractivity contribution is 0.632. The van der Waals surface area contributed by atoms with Crippen molar-refractivity contribution in [1.82, 2.24) is 20.3 Å². The lowest BCUT2D eigenvalue weighted by Gasteiger charge is -2.07. The molecule has 4 heteroatoms. The Morgan fingerprint density at radius 2 is 2.28 bits per heavy atom. The van der Waals surface area contributed by atoms with Crippen molar-refractivity contribution in [1.29, 1.82) is 0 Å². The Kier molecular flexibility index (Phi) is 3.11. The predicted octanol–water partition coefficient (Wildman–Crippen LogP) is 2.22. The van der Waals surface area contributed by atoms with E-state index in [4.69, 9.17) is 0 Å². The molecule has 1 aliphatic rings. The van der Waals surface area contributed by atoms with Gasteiger partial charge in [0.1, 0.15) is 0 Å². The molecule has 2 aromatic rings. The van der Waals surface area contributed by atoms with Gasteiger partial charge in [-0.15, -0.1) is 5.10 Å². The maximum Gasteiger partial charge on any atom is 0.0885 e. The van der Waals surface area contributed by atoms with Gasteiger partial charge in [-0.05, 0) is 31.4 Å². The third-order valence-electron chi connectivity index (χ3n) is 3.31. The van der Waals surface area contributed by atoms with Crippen molar-refractivity contribution in [3.8, 4) is 11.3 Å². The van der Waals surface area contributed by atoms with Crippen LogP contribution >= 0.6 is 0 Å². The van der Waals surface area contributed by atoms with Crippen molar-refractivity contribution < 1.29 is 0 Å². The number of benzene rings is 1. The van der Waals surface area contributed by atoms with Crippen LogP contribution in [0.5, 0.6) is 0 Å². The van der Waals surface area contributed by atoms with E-state index < -0.39 is 0 Å². The Hall–Kier alpha value is -1.68. The summed E-state index contributed by atoms with van der Waals surface area (Å²) in [6, 6.07) is 9.35. The normalized spacial score (nSPS) is 14.9. The first-order chi connectivity index (χ1) is 8.86. The molecular weight excluding hydrogens is 224 g/mol. The quantitative estimate of drug-likeness (QED) is 0.874. The van der Waals surface area contributed by atoms with E-state index in [0.29, 0.717) is 0 Å². The second-order valence-corrected chi connectivity index (χ2v) is 4.79. The zero-order chi connectivity index (χ0) is 12.4. The van der Waals surface area contributed by atoms with Gasteiger partial charge in [-0.25, -0.2) is 4.68 Å². The summed E-state index contributed by atoms with van der Waals surface area (Å²) < 4.78 is 1.92. The Morgan fingerprint density at radius 3 is 3.06 bits per heavy atom. The van der Waals surface area contributed by atoms with Crippen molar-refractivity contribution in [2.75, 3.05) is 0 Å². The summed E-state index contributed by atoms with van der Waals surface area (Å²) in [4.78, 5) is 0. The Bertz CT molecular complexity index is 528. The molecule has 0 spiro atoms. The summed E-state index contributed by atoms with van der Waals surface area (Å²) in [6.07, 6.45) is 4.48. The molecule has 1 aromatic carbocycles. The lowest BCUT2D eigenvalue weighted by Crippen LogP contribution is -2.15. The van der Waals surface area contributed by atoms with E-state index in [0.717, 1.165) is 24.8 Å². The van der Waals surface area contributed by atoms with Gasteiger partial charge in [-0.1, -0.05) is 23.4 Å². The summed E-state index contributed by atoms with van der Waals surface area (Å²) in [5, 5.41) is 11.6. The minimum absolute atomic E-state index is 0.747. The van der Waals surface area contributed by atoms with Gasteiger partial charge in [0.2, 0.25) is 0 Å². The molecule has 0 unspecified atom stereocenters. The molecule has 1 heterocycles. The maximum atomic E-state index is 4.08. The van der Waals surface area contributed by atoms with Crippen LogP contribution in [0.25, 0.3) is 11.3 Å². The first-order valence-electron chi connectivity index (χ1n) is 6.58. The SMILES string of the molecule is CCn1nncc1-c1cccc(CNC2CC2)c1. The van der Waals surface area contributed by atoms with E-state index in [2.05, 4.69) is 46.8 Å². The van der Waals surface area contributed by atoms with E-state index in [-0.39, 0.29) is 0 Å². The fourth-order valence-electron chi connectivity index (χ4n) is 2.11. The van der Waals surface area contributed by atoms with Gasteiger partial charge in [0.15, 0.2) is 0 Å². The molecular formula is C14H18N4. The summed E-state index contributed by atoms with van der Waals surface area (Å²) in [7, 11) is 0. The van der Waals surface area contributed by atoms with E-state index >= 15 is 0 Å². The average molecular weight is 242 g/mol. The second kappa shape index (κ2) is 4.90. The van der Waals surface area contributed by atoms with Crippen molar-refractivity contribution in [2.45, 2.75) is 38.9 Å². The lowest BCUT2D eigenvalue weighted by atomic mass is 10.1.